The van der Waals surface area contributed by atoms with E-state index in [-0.39, 0.29) is 36.1 Å². The van der Waals surface area contributed by atoms with Crippen molar-refractivity contribution >= 4 is 68.5 Å². The van der Waals surface area contributed by atoms with Crippen LogP contribution < -0.4 is 20.7 Å². The summed E-state index contributed by atoms with van der Waals surface area (Å²) in [5.74, 6) is -3.23. The summed E-state index contributed by atoms with van der Waals surface area (Å²) < 4.78 is 7.72. The fourth-order valence-electron chi connectivity index (χ4n) is 4.30. The number of thioether (sulfide) groups is 1. The smallest absolute Gasteiger partial charge is 0.347 e. The first-order valence-corrected chi connectivity index (χ1v) is 13.9. The number of nitrogens with zero attached hydrogens (tertiary/aromatic N) is 4. The summed E-state index contributed by atoms with van der Waals surface area (Å²) in [4.78, 5) is 56.1. The Morgan fingerprint density at radius 3 is 2.92 bits per heavy atom. The second-order valence-electron chi connectivity index (χ2n) is 8.68. The molecule has 5 heterocycles. The van der Waals surface area contributed by atoms with E-state index in [9.17, 15) is 24.3 Å². The number of fused-ring (bicyclic) bond motifs is 2. The Hall–Kier alpha value is -4.44. The third-order valence-electron chi connectivity index (χ3n) is 6.06. The van der Waals surface area contributed by atoms with E-state index in [1.165, 1.54) is 17.8 Å². The Balaban J connectivity index is 1.32. The van der Waals surface area contributed by atoms with Crippen LogP contribution in [0.25, 0.3) is 10.1 Å². The minimum Gasteiger partial charge on any atom is -0.543 e. The summed E-state index contributed by atoms with van der Waals surface area (Å²) in [7, 11) is 0. The van der Waals surface area contributed by atoms with Gasteiger partial charge in [0.2, 0.25) is 6.61 Å². The van der Waals surface area contributed by atoms with Crippen molar-refractivity contribution in [3.63, 3.8) is 0 Å². The average Bonchev–Trinajstić information content (AvgIpc) is 3.57. The van der Waals surface area contributed by atoms with Crippen molar-refractivity contribution in [1.82, 2.24) is 20.4 Å². The lowest BCUT2D eigenvalue weighted by atomic mass is 10.0. The number of H-pyrrole nitrogens is 1. The fourth-order valence-corrected chi connectivity index (χ4v) is 6.40. The van der Waals surface area contributed by atoms with Crippen molar-refractivity contribution in [2.45, 2.75) is 24.9 Å². The first kappa shape index (κ1) is 27.1. The lowest BCUT2D eigenvalue weighted by Gasteiger charge is -2.50. The summed E-state index contributed by atoms with van der Waals surface area (Å²) in [6.07, 6.45) is 3.76. The topological polar surface area (TPSA) is 196 Å². The summed E-state index contributed by atoms with van der Waals surface area (Å²) in [5, 5.41) is 27.0. The zero-order valence-corrected chi connectivity index (χ0v) is 22.6. The van der Waals surface area contributed by atoms with Crippen LogP contribution in [0.15, 0.2) is 52.4 Å². The van der Waals surface area contributed by atoms with Crippen molar-refractivity contribution in [2.75, 3.05) is 24.7 Å². The molecular formula is C24H23N7O7S2. The number of aromatic amines is 1. The van der Waals surface area contributed by atoms with Gasteiger partial charge in [-0.05, 0) is 18.4 Å². The predicted octanol–water partition coefficient (Wildman–Crippen LogP) is -1.12. The number of nitrogens with two attached hydrogens (primary N) is 1. The number of amides is 2. The zero-order valence-electron chi connectivity index (χ0n) is 21.0. The van der Waals surface area contributed by atoms with Crippen LogP contribution in [0.4, 0.5) is 5.82 Å². The molecule has 16 heteroatoms. The van der Waals surface area contributed by atoms with Gasteiger partial charge < -0.3 is 30.5 Å². The maximum Gasteiger partial charge on any atom is 0.347 e. The van der Waals surface area contributed by atoms with Gasteiger partial charge in [0.15, 0.2) is 24.7 Å². The highest BCUT2D eigenvalue weighted by Gasteiger charge is 2.53. The van der Waals surface area contributed by atoms with Gasteiger partial charge in [-0.1, -0.05) is 5.16 Å². The Labute approximate surface area is 234 Å². The number of esters is 1. The number of aliphatic carboxylic acids is 1. The molecule has 0 saturated carbocycles. The first-order valence-electron chi connectivity index (χ1n) is 12.0. The van der Waals surface area contributed by atoms with Crippen LogP contribution in [0.5, 0.6) is 0 Å². The van der Waals surface area contributed by atoms with Gasteiger partial charge in [0.25, 0.3) is 11.8 Å². The number of hydrogen-bond acceptors (Lipinski definition) is 12. The van der Waals surface area contributed by atoms with E-state index in [1.54, 1.807) is 18.3 Å². The molecule has 3 aromatic rings. The van der Waals surface area contributed by atoms with E-state index in [1.807, 2.05) is 34.5 Å². The molecule has 0 aromatic carbocycles. The summed E-state index contributed by atoms with van der Waals surface area (Å²) in [6, 6.07) is 4.20. The van der Waals surface area contributed by atoms with Crippen LogP contribution in [0, 0.1) is 0 Å². The Bertz CT molecular complexity index is 1560. The molecule has 0 radical (unpaired) electrons. The van der Waals surface area contributed by atoms with Gasteiger partial charge in [-0.3, -0.25) is 19.6 Å². The van der Waals surface area contributed by atoms with E-state index >= 15 is 0 Å². The molecule has 4 N–H and O–H groups in total. The molecule has 3 aromatic heterocycles. The van der Waals surface area contributed by atoms with Gasteiger partial charge in [-0.2, -0.15) is 5.10 Å². The number of rotatable bonds is 10. The number of aromatic nitrogens is 3. The quantitative estimate of drug-likeness (QED) is 0.0862. The van der Waals surface area contributed by atoms with E-state index in [0.29, 0.717) is 11.3 Å². The second kappa shape index (κ2) is 11.4. The molecule has 40 heavy (non-hydrogen) atoms. The number of carboxylic acid groups (broad SMARTS) is 1. The number of hydrogen-bond donors (Lipinski definition) is 3. The molecule has 1 fully saturated rings. The molecule has 0 aliphatic carbocycles. The van der Waals surface area contributed by atoms with E-state index in [0.717, 1.165) is 15.0 Å². The normalized spacial score (nSPS) is 18.8. The number of carboxylic acids is 1. The van der Waals surface area contributed by atoms with Crippen molar-refractivity contribution in [3.8, 4) is 0 Å². The highest BCUT2D eigenvalue weighted by Crippen LogP contribution is 2.40. The highest BCUT2D eigenvalue weighted by atomic mass is 32.2. The van der Waals surface area contributed by atoms with Gasteiger partial charge >= 0.3 is 5.97 Å². The highest BCUT2D eigenvalue weighted by molar-refractivity contribution is 8.00. The molecule has 0 bridgehead atoms. The van der Waals surface area contributed by atoms with Crippen molar-refractivity contribution < 1.29 is 38.4 Å². The summed E-state index contributed by atoms with van der Waals surface area (Å²) in [5.41, 5.74) is 5.71. The van der Waals surface area contributed by atoms with Crippen molar-refractivity contribution in [2.24, 2.45) is 5.16 Å². The van der Waals surface area contributed by atoms with E-state index in [2.05, 4.69) is 20.7 Å². The van der Waals surface area contributed by atoms with Gasteiger partial charge in [0.1, 0.15) is 17.2 Å². The lowest BCUT2D eigenvalue weighted by Crippen LogP contribution is -2.71. The molecule has 5 rings (SSSR count). The van der Waals surface area contributed by atoms with Crippen LogP contribution in [0.1, 0.15) is 12.6 Å². The van der Waals surface area contributed by atoms with Crippen LogP contribution in [-0.2, 0) is 35.3 Å². The third-order valence-corrected chi connectivity index (χ3v) is 8.30. The number of thiophene rings is 1. The Morgan fingerprint density at radius 2 is 2.20 bits per heavy atom. The number of β-lactam (4-membered cyclic amide) rings is 1. The molecular weight excluding hydrogens is 562 g/mol. The molecule has 2 atom stereocenters. The van der Waals surface area contributed by atoms with Crippen molar-refractivity contribution in [3.05, 3.63) is 52.9 Å². The Kier molecular flexibility index (Phi) is 7.70. The summed E-state index contributed by atoms with van der Waals surface area (Å²) >= 11 is 2.92. The molecule has 1 unspecified atom stereocenters. The second-order valence-corrected chi connectivity index (χ2v) is 10.7. The molecule has 2 aliphatic heterocycles. The number of anilines is 1. The van der Waals surface area contributed by atoms with Crippen LogP contribution in [-0.4, -0.2) is 74.9 Å². The zero-order chi connectivity index (χ0) is 28.4. The van der Waals surface area contributed by atoms with E-state index in [4.69, 9.17) is 15.3 Å². The molecule has 2 aliphatic rings. The Morgan fingerprint density at radius 1 is 1.38 bits per heavy atom. The van der Waals surface area contributed by atoms with Crippen molar-refractivity contribution in [1.29, 1.82) is 0 Å². The number of carbonyl (C=O) groups excluding carboxylic acids is 4. The molecule has 208 valence electrons. The molecule has 2 amide bonds. The van der Waals surface area contributed by atoms with Gasteiger partial charge in [0.05, 0.1) is 29.4 Å². The van der Waals surface area contributed by atoms with Gasteiger partial charge in [-0.25, -0.2) is 9.36 Å². The lowest BCUT2D eigenvalue weighted by molar-refractivity contribution is -0.687. The maximum absolute atomic E-state index is 13.1. The number of ether oxygens (including phenoxy) is 1. The average molecular weight is 586 g/mol. The molecule has 14 nitrogen and oxygen atoms in total. The minimum atomic E-state index is -1.47. The fraction of sp³-hybridized carbons (Fsp3) is 0.292. The predicted molar refractivity (Wildman–Crippen MR) is 141 cm³/mol. The maximum atomic E-state index is 13.1. The number of carbonyl (C=O) groups is 4. The third kappa shape index (κ3) is 5.35. The van der Waals surface area contributed by atoms with Gasteiger partial charge in [-0.15, -0.1) is 23.1 Å². The van der Waals surface area contributed by atoms with Crippen LogP contribution in [0.3, 0.4) is 0 Å². The minimum absolute atomic E-state index is 0.0712. The SMILES string of the molecule is CCOC(=O)CO/N=C(/C(=O)NC1C(=O)N2C(C(=O)[O-])=C(C[n+]3ccc4sccc4c3)CS[C@H]12)c1cc(N)n[nH]1. The number of nitrogens with one attached hydrogen (secondary N) is 2. The monoisotopic (exact) mass is 585 g/mol. The number of pyridine rings is 1. The molecule has 1 saturated heterocycles. The first-order chi connectivity index (χ1) is 19.3. The number of oxime groups is 1. The van der Waals surface area contributed by atoms with Crippen LogP contribution >= 0.6 is 23.1 Å². The standard InChI is InChI=1S/C24H23N7O7S2/c1-2-37-17(32)10-38-29-18(14-7-16(25)28-27-14)21(33)26-19-22(34)31-20(24(35)36)13(11-40-23(19)31)9-30-5-3-15-12(8-30)4-6-39-15/h3-8,19,23H,2,9-11H2,1H3,(H4-,25,26,27,28,29,33,35,36)/t19?,23-/m1/s1. The van der Waals surface area contributed by atoms with Crippen LogP contribution in [0.2, 0.25) is 0 Å². The molecule has 0 spiro atoms. The van der Waals surface area contributed by atoms with E-state index < -0.39 is 41.8 Å². The number of nitrogen functional groups attached to an aromatic ring is 1. The largest absolute Gasteiger partial charge is 0.543 e. The summed E-state index contributed by atoms with van der Waals surface area (Å²) in [6.45, 7) is 1.47. The van der Waals surface area contributed by atoms with Gasteiger partial charge in [0, 0.05) is 28.2 Å².